The van der Waals surface area contributed by atoms with Gasteiger partial charge in [0.1, 0.15) is 0 Å². The summed E-state index contributed by atoms with van der Waals surface area (Å²) in [6.07, 6.45) is 4.80. The van der Waals surface area contributed by atoms with E-state index in [4.69, 9.17) is 4.74 Å². The van der Waals surface area contributed by atoms with Crippen LogP contribution < -0.4 is 5.32 Å². The summed E-state index contributed by atoms with van der Waals surface area (Å²) < 4.78 is 5.47. The molecule has 1 N–H and O–H groups in total. The molecule has 0 fully saturated rings. The van der Waals surface area contributed by atoms with Crippen molar-refractivity contribution in [2.45, 2.75) is 52.5 Å². The van der Waals surface area contributed by atoms with E-state index in [1.54, 1.807) is 0 Å². The van der Waals surface area contributed by atoms with Crippen LogP contribution in [0.3, 0.4) is 0 Å². The molecule has 1 atom stereocenters. The van der Waals surface area contributed by atoms with Crippen LogP contribution in [0, 0.1) is 0 Å². The molecule has 0 aliphatic carbocycles. The van der Waals surface area contributed by atoms with Gasteiger partial charge in [-0.2, -0.15) is 0 Å². The van der Waals surface area contributed by atoms with E-state index >= 15 is 0 Å². The molecule has 0 saturated heterocycles. The summed E-state index contributed by atoms with van der Waals surface area (Å²) >= 11 is 0. The van der Waals surface area contributed by atoms with Crippen LogP contribution in [0.15, 0.2) is 0 Å². The van der Waals surface area contributed by atoms with Gasteiger partial charge in [0, 0.05) is 19.3 Å². The molecule has 0 aliphatic heterocycles. The lowest BCUT2D eigenvalue weighted by Crippen LogP contribution is -2.29. The molecular formula is C11H25NO. The lowest BCUT2D eigenvalue weighted by Gasteiger charge is -2.16. The van der Waals surface area contributed by atoms with Gasteiger partial charge in [-0.15, -0.1) is 0 Å². The third-order valence-corrected chi connectivity index (χ3v) is 2.09. The Morgan fingerprint density at radius 3 is 2.31 bits per heavy atom. The van der Waals surface area contributed by atoms with Crippen molar-refractivity contribution >= 4 is 0 Å². The molecular weight excluding hydrogens is 162 g/mol. The maximum Gasteiger partial charge on any atom is 0.0480 e. The van der Waals surface area contributed by atoms with E-state index < -0.39 is 0 Å². The molecule has 0 spiro atoms. The molecule has 0 bridgehead atoms. The largest absolute Gasteiger partial charge is 0.381 e. The summed E-state index contributed by atoms with van der Waals surface area (Å²) in [7, 11) is 0. The fourth-order valence-electron chi connectivity index (χ4n) is 1.46. The van der Waals surface area contributed by atoms with Gasteiger partial charge in [0.05, 0.1) is 0 Å². The maximum atomic E-state index is 5.47. The molecule has 80 valence electrons. The first-order valence-corrected chi connectivity index (χ1v) is 5.66. The number of hydrogen-bond acceptors (Lipinski definition) is 2. The first kappa shape index (κ1) is 12.9. The van der Waals surface area contributed by atoms with Crippen LogP contribution in [0.5, 0.6) is 0 Å². The minimum Gasteiger partial charge on any atom is -0.381 e. The Kier molecular flexibility index (Phi) is 9.94. The number of ether oxygens (including phenoxy) is 1. The maximum absolute atomic E-state index is 5.47. The summed E-state index contributed by atoms with van der Waals surface area (Å²) in [5, 5.41) is 3.48. The summed E-state index contributed by atoms with van der Waals surface area (Å²) in [4.78, 5) is 0. The van der Waals surface area contributed by atoms with Gasteiger partial charge in [-0.1, -0.05) is 27.2 Å². The second kappa shape index (κ2) is 10.0. The molecule has 0 heterocycles. The van der Waals surface area contributed by atoms with Gasteiger partial charge < -0.3 is 10.1 Å². The molecule has 0 aromatic carbocycles. The van der Waals surface area contributed by atoms with Gasteiger partial charge >= 0.3 is 0 Å². The number of rotatable bonds is 9. The Hall–Kier alpha value is -0.0800. The molecule has 1 unspecified atom stereocenters. The number of hydrogen-bond donors (Lipinski definition) is 1. The highest BCUT2D eigenvalue weighted by molar-refractivity contribution is 4.64. The second-order valence-corrected chi connectivity index (χ2v) is 3.44. The van der Waals surface area contributed by atoms with Gasteiger partial charge in [-0.05, 0) is 25.8 Å². The zero-order valence-electron chi connectivity index (χ0n) is 9.44. The molecule has 0 aliphatic rings. The highest BCUT2D eigenvalue weighted by Crippen LogP contribution is 2.01. The van der Waals surface area contributed by atoms with Crippen molar-refractivity contribution in [3.63, 3.8) is 0 Å². The Bertz CT molecular complexity index is 90.1. The molecule has 0 saturated carbocycles. The van der Waals surface area contributed by atoms with Gasteiger partial charge in [0.15, 0.2) is 0 Å². The predicted molar refractivity (Wildman–Crippen MR) is 58.1 cm³/mol. The zero-order valence-corrected chi connectivity index (χ0v) is 9.44. The van der Waals surface area contributed by atoms with E-state index in [-0.39, 0.29) is 0 Å². The SMILES string of the molecule is CCCOCCC(CCC)NCC. The van der Waals surface area contributed by atoms with E-state index in [2.05, 4.69) is 26.1 Å². The highest BCUT2D eigenvalue weighted by Gasteiger charge is 2.04. The molecule has 0 aromatic heterocycles. The Balaban J connectivity index is 3.33. The summed E-state index contributed by atoms with van der Waals surface area (Å²) in [6, 6.07) is 0.659. The van der Waals surface area contributed by atoms with E-state index in [9.17, 15) is 0 Å². The quantitative estimate of drug-likeness (QED) is 0.560. The Labute approximate surface area is 83.1 Å². The summed E-state index contributed by atoms with van der Waals surface area (Å²) in [5.74, 6) is 0. The second-order valence-electron chi connectivity index (χ2n) is 3.44. The molecule has 2 heteroatoms. The van der Waals surface area contributed by atoms with Gasteiger partial charge in [0.25, 0.3) is 0 Å². The molecule has 0 aromatic rings. The van der Waals surface area contributed by atoms with Crippen molar-refractivity contribution in [1.82, 2.24) is 5.32 Å². The third-order valence-electron chi connectivity index (χ3n) is 2.09. The first-order chi connectivity index (χ1) is 6.35. The van der Waals surface area contributed by atoms with Crippen LogP contribution in [-0.2, 0) is 4.74 Å². The average Bonchev–Trinajstić information content (AvgIpc) is 2.13. The van der Waals surface area contributed by atoms with E-state index in [1.165, 1.54) is 12.8 Å². The van der Waals surface area contributed by atoms with Crippen molar-refractivity contribution in [3.8, 4) is 0 Å². The smallest absolute Gasteiger partial charge is 0.0480 e. The minimum atomic E-state index is 0.659. The van der Waals surface area contributed by atoms with E-state index in [0.717, 1.165) is 32.6 Å². The molecule has 13 heavy (non-hydrogen) atoms. The topological polar surface area (TPSA) is 21.3 Å². The van der Waals surface area contributed by atoms with Crippen molar-refractivity contribution in [2.24, 2.45) is 0 Å². The zero-order chi connectivity index (χ0) is 9.94. The molecule has 0 rings (SSSR count). The Morgan fingerprint density at radius 1 is 1.00 bits per heavy atom. The van der Waals surface area contributed by atoms with Crippen LogP contribution >= 0.6 is 0 Å². The summed E-state index contributed by atoms with van der Waals surface area (Å²) in [5.41, 5.74) is 0. The van der Waals surface area contributed by atoms with Crippen molar-refractivity contribution in [2.75, 3.05) is 19.8 Å². The lowest BCUT2D eigenvalue weighted by atomic mass is 10.1. The van der Waals surface area contributed by atoms with Crippen molar-refractivity contribution < 1.29 is 4.74 Å². The third kappa shape index (κ3) is 8.26. The predicted octanol–water partition coefficient (Wildman–Crippen LogP) is 2.58. The normalized spacial score (nSPS) is 13.2. The Morgan fingerprint density at radius 2 is 1.77 bits per heavy atom. The van der Waals surface area contributed by atoms with Crippen LogP contribution in [-0.4, -0.2) is 25.8 Å². The van der Waals surface area contributed by atoms with Gasteiger partial charge in [-0.3, -0.25) is 0 Å². The minimum absolute atomic E-state index is 0.659. The van der Waals surface area contributed by atoms with Crippen molar-refractivity contribution in [1.29, 1.82) is 0 Å². The van der Waals surface area contributed by atoms with Gasteiger partial charge in [0.2, 0.25) is 0 Å². The van der Waals surface area contributed by atoms with Crippen LogP contribution in [0.2, 0.25) is 0 Å². The molecule has 2 nitrogen and oxygen atoms in total. The monoisotopic (exact) mass is 187 g/mol. The van der Waals surface area contributed by atoms with E-state index in [0.29, 0.717) is 6.04 Å². The van der Waals surface area contributed by atoms with Crippen LogP contribution in [0.4, 0.5) is 0 Å². The number of nitrogens with one attached hydrogen (secondary N) is 1. The fraction of sp³-hybridized carbons (Fsp3) is 1.00. The van der Waals surface area contributed by atoms with Crippen LogP contribution in [0.25, 0.3) is 0 Å². The highest BCUT2D eigenvalue weighted by atomic mass is 16.5. The van der Waals surface area contributed by atoms with Crippen molar-refractivity contribution in [3.05, 3.63) is 0 Å². The fourth-order valence-corrected chi connectivity index (χ4v) is 1.46. The van der Waals surface area contributed by atoms with E-state index in [1.807, 2.05) is 0 Å². The molecule has 0 amide bonds. The standard InChI is InChI=1S/C11H25NO/c1-4-7-11(12-6-3)8-10-13-9-5-2/h11-12H,4-10H2,1-3H3. The average molecular weight is 187 g/mol. The summed E-state index contributed by atoms with van der Waals surface area (Å²) in [6.45, 7) is 9.43. The van der Waals surface area contributed by atoms with Crippen LogP contribution in [0.1, 0.15) is 46.5 Å². The first-order valence-electron chi connectivity index (χ1n) is 5.66. The van der Waals surface area contributed by atoms with Gasteiger partial charge in [-0.25, -0.2) is 0 Å². The lowest BCUT2D eigenvalue weighted by molar-refractivity contribution is 0.123. The molecule has 0 radical (unpaired) electrons.